The number of imidazole rings is 1. The van der Waals surface area contributed by atoms with Crippen LogP contribution >= 0.6 is 0 Å². The Bertz CT molecular complexity index is 639. The maximum atomic E-state index is 4.55. The van der Waals surface area contributed by atoms with Crippen molar-refractivity contribution in [1.82, 2.24) is 24.8 Å². The van der Waals surface area contributed by atoms with E-state index in [9.17, 15) is 0 Å². The molecule has 1 fully saturated rings. The van der Waals surface area contributed by atoms with Crippen LogP contribution in [-0.4, -0.2) is 50.4 Å². The molecular formula is C21H33N5. The molecule has 0 aromatic carbocycles. The number of hydrogen-bond acceptors (Lipinski definition) is 4. The van der Waals surface area contributed by atoms with Gasteiger partial charge < -0.3 is 4.98 Å². The maximum Gasteiger partial charge on any atom is 0.106 e. The molecule has 0 saturated carbocycles. The molecule has 2 aromatic rings. The highest BCUT2D eigenvalue weighted by molar-refractivity contribution is 5.10. The SMILES string of the molecule is CCCCc1ncc(CN2CCCC(N(CC)Cc3ccncc3)C2)[nH]1. The zero-order valence-corrected chi connectivity index (χ0v) is 16.3. The molecule has 0 aliphatic carbocycles. The van der Waals surface area contributed by atoms with Crippen molar-refractivity contribution in [1.29, 1.82) is 0 Å². The molecule has 5 nitrogen and oxygen atoms in total. The fourth-order valence-corrected chi connectivity index (χ4v) is 3.89. The van der Waals surface area contributed by atoms with Gasteiger partial charge in [-0.25, -0.2) is 4.98 Å². The number of unbranched alkanes of at least 4 members (excludes halogenated alkanes) is 1. The Kier molecular flexibility index (Phi) is 7.21. The molecule has 0 radical (unpaired) electrons. The van der Waals surface area contributed by atoms with Gasteiger partial charge >= 0.3 is 0 Å². The van der Waals surface area contributed by atoms with E-state index in [2.05, 4.69) is 50.7 Å². The predicted molar refractivity (Wildman–Crippen MR) is 106 cm³/mol. The van der Waals surface area contributed by atoms with E-state index in [-0.39, 0.29) is 0 Å². The summed E-state index contributed by atoms with van der Waals surface area (Å²) in [6.45, 7) is 9.92. The molecule has 26 heavy (non-hydrogen) atoms. The van der Waals surface area contributed by atoms with Crippen LogP contribution in [0.1, 0.15) is 56.6 Å². The summed E-state index contributed by atoms with van der Waals surface area (Å²) in [5.41, 5.74) is 2.61. The number of nitrogens with zero attached hydrogens (tertiary/aromatic N) is 4. The van der Waals surface area contributed by atoms with Crippen LogP contribution in [0.3, 0.4) is 0 Å². The summed E-state index contributed by atoms with van der Waals surface area (Å²) in [6, 6.07) is 4.89. The normalized spacial score (nSPS) is 18.5. The minimum atomic E-state index is 0.629. The number of rotatable bonds is 9. The van der Waals surface area contributed by atoms with Crippen LogP contribution in [0.4, 0.5) is 0 Å². The van der Waals surface area contributed by atoms with Gasteiger partial charge in [0, 0.05) is 56.4 Å². The van der Waals surface area contributed by atoms with Crippen molar-refractivity contribution in [2.24, 2.45) is 0 Å². The van der Waals surface area contributed by atoms with Crippen LogP contribution in [0, 0.1) is 0 Å². The summed E-state index contributed by atoms with van der Waals surface area (Å²) < 4.78 is 0. The molecule has 1 unspecified atom stereocenters. The van der Waals surface area contributed by atoms with Crippen LogP contribution in [-0.2, 0) is 19.5 Å². The Morgan fingerprint density at radius 2 is 2.12 bits per heavy atom. The number of nitrogens with one attached hydrogen (secondary N) is 1. The topological polar surface area (TPSA) is 48.1 Å². The average Bonchev–Trinajstić information content (AvgIpc) is 3.12. The summed E-state index contributed by atoms with van der Waals surface area (Å²) >= 11 is 0. The number of H-pyrrole nitrogens is 1. The second kappa shape index (κ2) is 9.83. The molecule has 3 rings (SSSR count). The monoisotopic (exact) mass is 355 g/mol. The van der Waals surface area contributed by atoms with E-state index < -0.39 is 0 Å². The Hall–Kier alpha value is -1.72. The smallest absolute Gasteiger partial charge is 0.106 e. The third-order valence-electron chi connectivity index (χ3n) is 5.38. The number of piperidine rings is 1. The molecule has 1 N–H and O–H groups in total. The van der Waals surface area contributed by atoms with Crippen molar-refractivity contribution in [3.05, 3.63) is 47.8 Å². The number of pyridine rings is 1. The molecule has 0 amide bonds. The third-order valence-corrected chi connectivity index (χ3v) is 5.38. The predicted octanol–water partition coefficient (Wildman–Crippen LogP) is 3.63. The molecule has 1 aliphatic rings. The molecule has 5 heteroatoms. The van der Waals surface area contributed by atoms with E-state index >= 15 is 0 Å². The number of hydrogen-bond donors (Lipinski definition) is 1. The number of likely N-dealkylation sites (tertiary alicyclic amines) is 1. The zero-order chi connectivity index (χ0) is 18.2. The summed E-state index contributed by atoms with van der Waals surface area (Å²) in [5.74, 6) is 1.14. The highest BCUT2D eigenvalue weighted by atomic mass is 15.2. The second-order valence-corrected chi connectivity index (χ2v) is 7.41. The molecule has 0 spiro atoms. The lowest BCUT2D eigenvalue weighted by atomic mass is 10.0. The number of aromatic amines is 1. The van der Waals surface area contributed by atoms with Crippen LogP contribution in [0.15, 0.2) is 30.7 Å². The van der Waals surface area contributed by atoms with Crippen molar-refractivity contribution in [3.8, 4) is 0 Å². The van der Waals surface area contributed by atoms with Gasteiger partial charge in [0.1, 0.15) is 5.82 Å². The van der Waals surface area contributed by atoms with E-state index in [1.165, 1.54) is 43.5 Å². The van der Waals surface area contributed by atoms with Gasteiger partial charge in [-0.1, -0.05) is 20.3 Å². The number of likely N-dealkylation sites (N-methyl/N-ethyl adjacent to an activating group) is 1. The fourth-order valence-electron chi connectivity index (χ4n) is 3.89. The molecule has 1 aliphatic heterocycles. The van der Waals surface area contributed by atoms with Crippen molar-refractivity contribution in [2.75, 3.05) is 19.6 Å². The second-order valence-electron chi connectivity index (χ2n) is 7.41. The summed E-state index contributed by atoms with van der Waals surface area (Å²) in [4.78, 5) is 17.4. The largest absolute Gasteiger partial charge is 0.345 e. The summed E-state index contributed by atoms with van der Waals surface area (Å²) in [6.07, 6.45) is 11.9. The van der Waals surface area contributed by atoms with E-state index in [0.717, 1.165) is 38.4 Å². The minimum absolute atomic E-state index is 0.629. The van der Waals surface area contributed by atoms with Gasteiger partial charge in [0.15, 0.2) is 0 Å². The lowest BCUT2D eigenvalue weighted by Crippen LogP contribution is -2.47. The third kappa shape index (κ3) is 5.39. The van der Waals surface area contributed by atoms with Crippen molar-refractivity contribution < 1.29 is 0 Å². The average molecular weight is 356 g/mol. The van der Waals surface area contributed by atoms with E-state index in [4.69, 9.17) is 0 Å². The summed E-state index contributed by atoms with van der Waals surface area (Å²) in [7, 11) is 0. The molecule has 142 valence electrons. The molecular weight excluding hydrogens is 322 g/mol. The van der Waals surface area contributed by atoms with Crippen LogP contribution in [0.5, 0.6) is 0 Å². The van der Waals surface area contributed by atoms with Gasteiger partial charge in [-0.05, 0) is 50.0 Å². The van der Waals surface area contributed by atoms with E-state index in [1.54, 1.807) is 0 Å². The van der Waals surface area contributed by atoms with E-state index in [0.29, 0.717) is 6.04 Å². The van der Waals surface area contributed by atoms with Gasteiger partial charge in [0.2, 0.25) is 0 Å². The Morgan fingerprint density at radius 1 is 1.27 bits per heavy atom. The van der Waals surface area contributed by atoms with Crippen LogP contribution in [0.25, 0.3) is 0 Å². The summed E-state index contributed by atoms with van der Waals surface area (Å²) in [5, 5.41) is 0. The van der Waals surface area contributed by atoms with Crippen molar-refractivity contribution >= 4 is 0 Å². The molecule has 0 bridgehead atoms. The maximum absolute atomic E-state index is 4.55. The quantitative estimate of drug-likeness (QED) is 0.746. The highest BCUT2D eigenvalue weighted by Gasteiger charge is 2.25. The van der Waals surface area contributed by atoms with Gasteiger partial charge in [0.25, 0.3) is 0 Å². The lowest BCUT2D eigenvalue weighted by Gasteiger charge is -2.39. The van der Waals surface area contributed by atoms with Gasteiger partial charge in [-0.2, -0.15) is 0 Å². The first kappa shape index (κ1) is 19.1. The van der Waals surface area contributed by atoms with Crippen molar-refractivity contribution in [3.63, 3.8) is 0 Å². The van der Waals surface area contributed by atoms with Gasteiger partial charge in [0.05, 0.1) is 0 Å². The molecule has 2 aromatic heterocycles. The molecule has 1 saturated heterocycles. The Labute approximate surface area is 157 Å². The molecule has 1 atom stereocenters. The molecule has 3 heterocycles. The lowest BCUT2D eigenvalue weighted by molar-refractivity contribution is 0.0911. The van der Waals surface area contributed by atoms with Gasteiger partial charge in [-0.3, -0.25) is 14.8 Å². The standard InChI is InChI=1S/C21H33N5/c1-3-5-8-21-23-14-19(24-21)16-25-13-6-7-20(17-25)26(4-2)15-18-9-11-22-12-10-18/h9-12,14,20H,3-8,13,15-17H2,1-2H3,(H,23,24). The number of aromatic nitrogens is 3. The van der Waals surface area contributed by atoms with Crippen LogP contribution < -0.4 is 0 Å². The van der Waals surface area contributed by atoms with Crippen LogP contribution in [0.2, 0.25) is 0 Å². The first-order chi connectivity index (χ1) is 12.8. The van der Waals surface area contributed by atoms with E-state index in [1.807, 2.05) is 18.6 Å². The Balaban J connectivity index is 1.55. The minimum Gasteiger partial charge on any atom is -0.345 e. The zero-order valence-electron chi connectivity index (χ0n) is 16.3. The number of aryl methyl sites for hydroxylation is 1. The van der Waals surface area contributed by atoms with Crippen molar-refractivity contribution in [2.45, 2.75) is 65.1 Å². The highest BCUT2D eigenvalue weighted by Crippen LogP contribution is 2.19. The Morgan fingerprint density at radius 3 is 2.88 bits per heavy atom. The fraction of sp³-hybridized carbons (Fsp3) is 0.619. The first-order valence-electron chi connectivity index (χ1n) is 10.2. The first-order valence-corrected chi connectivity index (χ1v) is 10.2. The van der Waals surface area contributed by atoms with Gasteiger partial charge in [-0.15, -0.1) is 0 Å².